The zero-order valence-corrected chi connectivity index (χ0v) is 23.5. The predicted molar refractivity (Wildman–Crippen MR) is 151 cm³/mol. The van der Waals surface area contributed by atoms with Crippen LogP contribution in [0.4, 0.5) is 10.7 Å². The maximum absolute atomic E-state index is 12.5. The third-order valence-corrected chi connectivity index (χ3v) is 7.88. The molecule has 1 amide bonds. The van der Waals surface area contributed by atoms with Crippen LogP contribution in [0.25, 0.3) is 22.0 Å². The fraction of sp³-hybridized carbons (Fsp3) is 0.600. The van der Waals surface area contributed by atoms with Gasteiger partial charge in [0.1, 0.15) is 5.60 Å². The Hall–Kier alpha value is -3.16. The summed E-state index contributed by atoms with van der Waals surface area (Å²) in [5.74, 6) is 1.96. The summed E-state index contributed by atoms with van der Waals surface area (Å²) in [5, 5.41) is 9.34. The van der Waals surface area contributed by atoms with E-state index in [4.69, 9.17) is 14.7 Å². The number of ether oxygens (including phenoxy) is 1. The molecule has 38 heavy (non-hydrogen) atoms. The Morgan fingerprint density at radius 1 is 1.16 bits per heavy atom. The molecule has 3 aromatic rings. The topological polar surface area (TPSA) is 85.2 Å². The highest BCUT2D eigenvalue weighted by Crippen LogP contribution is 2.31. The third-order valence-electron chi connectivity index (χ3n) is 7.88. The van der Waals surface area contributed by atoms with Crippen LogP contribution in [0.3, 0.4) is 0 Å². The van der Waals surface area contributed by atoms with Gasteiger partial charge in [0.25, 0.3) is 0 Å². The Kier molecular flexibility index (Phi) is 7.59. The largest absolute Gasteiger partial charge is 0.444 e. The molecule has 5 rings (SSSR count). The van der Waals surface area contributed by atoms with Crippen molar-refractivity contribution >= 4 is 22.9 Å². The Morgan fingerprint density at radius 2 is 1.95 bits per heavy atom. The Balaban J connectivity index is 1.33. The second-order valence-electron chi connectivity index (χ2n) is 12.4. The van der Waals surface area contributed by atoms with Gasteiger partial charge < -0.3 is 15.0 Å². The molecule has 204 valence electrons. The number of hydrogen-bond donors (Lipinski definition) is 1. The van der Waals surface area contributed by atoms with Gasteiger partial charge in [0, 0.05) is 49.5 Å². The van der Waals surface area contributed by atoms with Crippen molar-refractivity contribution in [2.45, 2.75) is 84.3 Å². The number of hydrogen-bond acceptors (Lipinski definition) is 6. The SMILES string of the molecule is CC1CCC(Nc2ncc(-c3ccc4cn(C)nc4c3)c(CCC3CCN(C(=O)OC(C)(C)C)C3)n2)CC1. The number of benzene rings is 1. The van der Waals surface area contributed by atoms with Gasteiger partial charge in [-0.25, -0.2) is 14.8 Å². The minimum atomic E-state index is -0.473. The molecular weight excluding hydrogens is 476 g/mol. The molecule has 1 aliphatic heterocycles. The van der Waals surface area contributed by atoms with Gasteiger partial charge in [-0.2, -0.15) is 5.10 Å². The number of amides is 1. The lowest BCUT2D eigenvalue weighted by Gasteiger charge is -2.27. The summed E-state index contributed by atoms with van der Waals surface area (Å²) in [6.45, 7) is 9.57. The predicted octanol–water partition coefficient (Wildman–Crippen LogP) is 6.21. The molecule has 2 fully saturated rings. The minimum Gasteiger partial charge on any atom is -0.444 e. The van der Waals surface area contributed by atoms with Crippen LogP contribution in [-0.4, -0.2) is 55.5 Å². The van der Waals surface area contributed by atoms with E-state index in [1.165, 1.54) is 25.7 Å². The molecule has 1 atom stereocenters. The lowest BCUT2D eigenvalue weighted by Crippen LogP contribution is -2.35. The van der Waals surface area contributed by atoms with Crippen molar-refractivity contribution in [3.05, 3.63) is 36.3 Å². The summed E-state index contributed by atoms with van der Waals surface area (Å²) >= 11 is 0. The Labute approximate surface area is 226 Å². The molecular formula is C30H42N6O2. The van der Waals surface area contributed by atoms with Crippen LogP contribution in [0.15, 0.2) is 30.6 Å². The third kappa shape index (κ3) is 6.45. The van der Waals surface area contributed by atoms with E-state index in [0.29, 0.717) is 12.0 Å². The second-order valence-corrected chi connectivity index (χ2v) is 12.4. The standard InChI is InChI=1S/C30H42N6O2/c1-20-6-11-24(12-7-20)32-28-31-17-25(22-9-10-23-19-35(5)34-27(23)16-22)26(33-28)13-8-21-14-15-36(18-21)29(37)38-30(2,3)4/h9-10,16-17,19-21,24H,6-8,11-15,18H2,1-5H3,(H,31,32,33). The first-order chi connectivity index (χ1) is 18.1. The Morgan fingerprint density at radius 3 is 2.71 bits per heavy atom. The van der Waals surface area contributed by atoms with Gasteiger partial charge in [0.15, 0.2) is 0 Å². The van der Waals surface area contributed by atoms with Crippen molar-refractivity contribution in [1.82, 2.24) is 24.6 Å². The summed E-state index contributed by atoms with van der Waals surface area (Å²) in [7, 11) is 1.95. The molecule has 2 aromatic heterocycles. The molecule has 2 aliphatic rings. The van der Waals surface area contributed by atoms with Crippen molar-refractivity contribution in [2.24, 2.45) is 18.9 Å². The molecule has 0 spiro atoms. The number of nitrogens with one attached hydrogen (secondary N) is 1. The fourth-order valence-corrected chi connectivity index (χ4v) is 5.71. The van der Waals surface area contributed by atoms with Gasteiger partial charge in [-0.1, -0.05) is 19.1 Å². The molecule has 1 aliphatic carbocycles. The van der Waals surface area contributed by atoms with Crippen LogP contribution in [0, 0.1) is 11.8 Å². The number of fused-ring (bicyclic) bond motifs is 1. The van der Waals surface area contributed by atoms with E-state index in [2.05, 4.69) is 35.5 Å². The molecule has 1 N–H and O–H groups in total. The molecule has 0 radical (unpaired) electrons. The van der Waals surface area contributed by atoms with E-state index in [-0.39, 0.29) is 6.09 Å². The molecule has 8 heteroatoms. The van der Waals surface area contributed by atoms with Crippen molar-refractivity contribution < 1.29 is 9.53 Å². The normalized spacial score (nSPS) is 22.1. The van der Waals surface area contributed by atoms with Crippen LogP contribution >= 0.6 is 0 Å². The van der Waals surface area contributed by atoms with Gasteiger partial charge in [0.05, 0.1) is 11.2 Å². The van der Waals surface area contributed by atoms with E-state index in [0.717, 1.165) is 71.9 Å². The van der Waals surface area contributed by atoms with E-state index < -0.39 is 5.60 Å². The lowest BCUT2D eigenvalue weighted by molar-refractivity contribution is 0.0287. The molecule has 1 aromatic carbocycles. The van der Waals surface area contributed by atoms with Crippen LogP contribution < -0.4 is 5.32 Å². The summed E-state index contributed by atoms with van der Waals surface area (Å²) in [4.78, 5) is 24.2. The fourth-order valence-electron chi connectivity index (χ4n) is 5.71. The maximum atomic E-state index is 12.5. The first-order valence-electron chi connectivity index (χ1n) is 14.2. The molecule has 3 heterocycles. The average molecular weight is 519 g/mol. The number of carbonyl (C=O) groups is 1. The van der Waals surface area contributed by atoms with Crippen molar-refractivity contribution in [3.8, 4) is 11.1 Å². The lowest BCUT2D eigenvalue weighted by atomic mass is 9.87. The van der Waals surface area contributed by atoms with Crippen LogP contribution in [0.5, 0.6) is 0 Å². The molecule has 0 bridgehead atoms. The summed E-state index contributed by atoms with van der Waals surface area (Å²) in [5.41, 5.74) is 3.70. The van der Waals surface area contributed by atoms with Gasteiger partial charge in [-0.05, 0) is 89.2 Å². The average Bonchev–Trinajstić information content (AvgIpc) is 3.48. The molecule has 8 nitrogen and oxygen atoms in total. The van der Waals surface area contributed by atoms with E-state index >= 15 is 0 Å². The summed E-state index contributed by atoms with van der Waals surface area (Å²) in [6.07, 6.45) is 11.4. The van der Waals surface area contributed by atoms with Gasteiger partial charge in [-0.15, -0.1) is 0 Å². The number of carbonyl (C=O) groups excluding carboxylic acids is 1. The van der Waals surface area contributed by atoms with Crippen LogP contribution in [0.1, 0.15) is 71.9 Å². The highest BCUT2D eigenvalue weighted by atomic mass is 16.6. The highest BCUT2D eigenvalue weighted by molar-refractivity contribution is 5.84. The smallest absolute Gasteiger partial charge is 0.410 e. The maximum Gasteiger partial charge on any atom is 0.410 e. The number of anilines is 1. The van der Waals surface area contributed by atoms with Crippen molar-refractivity contribution in [3.63, 3.8) is 0 Å². The highest BCUT2D eigenvalue weighted by Gasteiger charge is 2.30. The van der Waals surface area contributed by atoms with Crippen molar-refractivity contribution in [1.29, 1.82) is 0 Å². The minimum absolute atomic E-state index is 0.209. The molecule has 1 saturated heterocycles. The van der Waals surface area contributed by atoms with Crippen LogP contribution in [-0.2, 0) is 18.2 Å². The first kappa shape index (κ1) is 26.4. The number of likely N-dealkylation sites (tertiary alicyclic amines) is 1. The molecule has 1 saturated carbocycles. The van der Waals surface area contributed by atoms with E-state index in [1.54, 1.807) is 0 Å². The number of rotatable bonds is 6. The summed E-state index contributed by atoms with van der Waals surface area (Å²) < 4.78 is 7.44. The number of aromatic nitrogens is 4. The zero-order chi connectivity index (χ0) is 26.9. The number of nitrogens with zero attached hydrogens (tertiary/aromatic N) is 5. The molecule has 1 unspecified atom stereocenters. The van der Waals surface area contributed by atoms with Gasteiger partial charge in [0.2, 0.25) is 5.95 Å². The number of aryl methyl sites for hydroxylation is 2. The van der Waals surface area contributed by atoms with Crippen LogP contribution in [0.2, 0.25) is 0 Å². The first-order valence-corrected chi connectivity index (χ1v) is 14.2. The van der Waals surface area contributed by atoms with Crippen molar-refractivity contribution in [2.75, 3.05) is 18.4 Å². The Bertz CT molecular complexity index is 1270. The van der Waals surface area contributed by atoms with E-state index in [9.17, 15) is 4.79 Å². The quantitative estimate of drug-likeness (QED) is 0.418. The summed E-state index contributed by atoms with van der Waals surface area (Å²) in [6, 6.07) is 6.83. The van der Waals surface area contributed by atoms with E-state index in [1.807, 2.05) is 49.8 Å². The monoisotopic (exact) mass is 518 g/mol. The van der Waals surface area contributed by atoms with Gasteiger partial charge in [-0.3, -0.25) is 4.68 Å². The zero-order valence-electron chi connectivity index (χ0n) is 23.5. The van der Waals surface area contributed by atoms with Gasteiger partial charge >= 0.3 is 6.09 Å². The second kappa shape index (κ2) is 10.9.